The summed E-state index contributed by atoms with van der Waals surface area (Å²) in [4.78, 5) is 18.2. The fourth-order valence-electron chi connectivity index (χ4n) is 2.57. The van der Waals surface area contributed by atoms with E-state index in [1.807, 2.05) is 6.92 Å². The molecule has 0 saturated carbocycles. The topological polar surface area (TPSA) is 66.0 Å². The van der Waals surface area contributed by atoms with Crippen LogP contribution in [0.3, 0.4) is 0 Å². The number of carbonyl (C=O) groups excluding carboxylic acids is 1. The van der Waals surface area contributed by atoms with Gasteiger partial charge in [-0.05, 0) is 45.8 Å². The van der Waals surface area contributed by atoms with E-state index in [2.05, 4.69) is 25.3 Å². The zero-order valence-electron chi connectivity index (χ0n) is 14.2. The number of hydrogen-bond donors (Lipinski definition) is 2. The SMILES string of the molecule is CCNC(=NCCCN1CCCCCC1)NCCC(=O)OC. The molecule has 1 aliphatic heterocycles. The molecule has 1 fully saturated rings. The number of methoxy groups -OCH3 is 1. The van der Waals surface area contributed by atoms with Gasteiger partial charge >= 0.3 is 5.97 Å². The van der Waals surface area contributed by atoms with Crippen molar-refractivity contribution in [3.63, 3.8) is 0 Å². The predicted molar refractivity (Wildman–Crippen MR) is 90.1 cm³/mol. The van der Waals surface area contributed by atoms with E-state index in [4.69, 9.17) is 0 Å². The van der Waals surface area contributed by atoms with Gasteiger partial charge in [0.2, 0.25) is 0 Å². The number of nitrogens with zero attached hydrogens (tertiary/aromatic N) is 2. The van der Waals surface area contributed by atoms with Gasteiger partial charge < -0.3 is 20.3 Å². The van der Waals surface area contributed by atoms with E-state index in [1.54, 1.807) is 0 Å². The van der Waals surface area contributed by atoms with E-state index in [-0.39, 0.29) is 5.97 Å². The van der Waals surface area contributed by atoms with Gasteiger partial charge in [-0.2, -0.15) is 0 Å². The third-order valence-corrected chi connectivity index (χ3v) is 3.79. The van der Waals surface area contributed by atoms with Crippen LogP contribution in [0.25, 0.3) is 0 Å². The van der Waals surface area contributed by atoms with Crippen LogP contribution in [0.4, 0.5) is 0 Å². The van der Waals surface area contributed by atoms with Gasteiger partial charge in [-0.25, -0.2) is 0 Å². The molecule has 0 bridgehead atoms. The molecule has 0 aromatic rings. The van der Waals surface area contributed by atoms with E-state index in [1.165, 1.54) is 45.9 Å². The Morgan fingerprint density at radius 2 is 1.91 bits per heavy atom. The summed E-state index contributed by atoms with van der Waals surface area (Å²) in [6, 6.07) is 0. The minimum atomic E-state index is -0.204. The summed E-state index contributed by atoms with van der Waals surface area (Å²) in [5, 5.41) is 6.35. The van der Waals surface area contributed by atoms with Gasteiger partial charge in [0.15, 0.2) is 5.96 Å². The zero-order chi connectivity index (χ0) is 16.0. The number of hydrogen-bond acceptors (Lipinski definition) is 4. The minimum absolute atomic E-state index is 0.204. The van der Waals surface area contributed by atoms with Crippen molar-refractivity contribution in [3.8, 4) is 0 Å². The molecule has 0 amide bonds. The first-order valence-corrected chi connectivity index (χ1v) is 8.57. The Balaban J connectivity index is 2.21. The van der Waals surface area contributed by atoms with E-state index in [0.29, 0.717) is 13.0 Å². The highest BCUT2D eigenvalue weighted by atomic mass is 16.5. The van der Waals surface area contributed by atoms with Crippen LogP contribution < -0.4 is 10.6 Å². The molecule has 1 saturated heterocycles. The van der Waals surface area contributed by atoms with Crippen molar-refractivity contribution in [2.45, 2.75) is 45.4 Å². The number of nitrogens with one attached hydrogen (secondary N) is 2. The van der Waals surface area contributed by atoms with Gasteiger partial charge in [0.1, 0.15) is 0 Å². The van der Waals surface area contributed by atoms with Crippen molar-refractivity contribution >= 4 is 11.9 Å². The smallest absolute Gasteiger partial charge is 0.307 e. The molecule has 6 heteroatoms. The van der Waals surface area contributed by atoms with Crippen LogP contribution in [-0.2, 0) is 9.53 Å². The van der Waals surface area contributed by atoms with Gasteiger partial charge in [-0.3, -0.25) is 9.79 Å². The largest absolute Gasteiger partial charge is 0.469 e. The molecule has 0 aromatic carbocycles. The molecule has 22 heavy (non-hydrogen) atoms. The van der Waals surface area contributed by atoms with Crippen molar-refractivity contribution in [3.05, 3.63) is 0 Å². The number of rotatable bonds is 8. The maximum Gasteiger partial charge on any atom is 0.307 e. The summed E-state index contributed by atoms with van der Waals surface area (Å²) in [6.07, 6.45) is 6.86. The van der Waals surface area contributed by atoms with Crippen molar-refractivity contribution in [2.75, 3.05) is 46.4 Å². The summed E-state index contributed by atoms with van der Waals surface area (Å²) >= 11 is 0. The normalized spacial score (nSPS) is 16.9. The van der Waals surface area contributed by atoms with Crippen molar-refractivity contribution in [1.82, 2.24) is 15.5 Å². The molecule has 1 heterocycles. The second-order valence-electron chi connectivity index (χ2n) is 5.62. The first-order chi connectivity index (χ1) is 10.8. The molecule has 0 aliphatic carbocycles. The predicted octanol–water partition coefficient (Wildman–Crippen LogP) is 1.37. The molecule has 0 atom stereocenters. The van der Waals surface area contributed by atoms with Crippen LogP contribution in [-0.4, -0.2) is 63.2 Å². The van der Waals surface area contributed by atoms with Crippen LogP contribution in [0.5, 0.6) is 0 Å². The Bertz CT molecular complexity index is 326. The highest BCUT2D eigenvalue weighted by molar-refractivity contribution is 5.80. The molecule has 2 N–H and O–H groups in total. The maximum atomic E-state index is 11.1. The van der Waals surface area contributed by atoms with Crippen molar-refractivity contribution in [1.29, 1.82) is 0 Å². The standard InChI is InChI=1S/C16H32N4O2/c1-3-17-16(19-11-9-15(21)22-2)18-10-8-14-20-12-6-4-5-7-13-20/h3-14H2,1-2H3,(H2,17,18,19). The lowest BCUT2D eigenvalue weighted by Crippen LogP contribution is -2.38. The molecular weight excluding hydrogens is 280 g/mol. The van der Waals surface area contributed by atoms with Gasteiger partial charge in [0, 0.05) is 19.6 Å². The Kier molecular flexibility index (Phi) is 10.5. The van der Waals surface area contributed by atoms with Crippen molar-refractivity contribution < 1.29 is 9.53 Å². The minimum Gasteiger partial charge on any atom is -0.469 e. The number of likely N-dealkylation sites (tertiary alicyclic amines) is 1. The third kappa shape index (κ3) is 8.87. The van der Waals surface area contributed by atoms with E-state index >= 15 is 0 Å². The third-order valence-electron chi connectivity index (χ3n) is 3.79. The summed E-state index contributed by atoms with van der Waals surface area (Å²) in [6.45, 7) is 7.81. The number of carbonyl (C=O) groups is 1. The highest BCUT2D eigenvalue weighted by Gasteiger charge is 2.08. The van der Waals surface area contributed by atoms with E-state index < -0.39 is 0 Å². The molecule has 0 radical (unpaired) electrons. The Hall–Kier alpha value is -1.30. The number of ether oxygens (including phenoxy) is 1. The molecule has 128 valence electrons. The quantitative estimate of drug-likeness (QED) is 0.307. The number of aliphatic imine (C=N–C) groups is 1. The zero-order valence-corrected chi connectivity index (χ0v) is 14.2. The van der Waals surface area contributed by atoms with E-state index in [0.717, 1.165) is 32.0 Å². The summed E-state index contributed by atoms with van der Waals surface area (Å²) in [5.41, 5.74) is 0. The van der Waals surface area contributed by atoms with Crippen LogP contribution in [0.1, 0.15) is 45.4 Å². The fraction of sp³-hybridized carbons (Fsp3) is 0.875. The number of guanidine groups is 1. The van der Waals surface area contributed by atoms with Gasteiger partial charge in [0.05, 0.1) is 13.5 Å². The second-order valence-corrected chi connectivity index (χ2v) is 5.62. The summed E-state index contributed by atoms with van der Waals surface area (Å²) in [5.74, 6) is 0.576. The average molecular weight is 312 g/mol. The van der Waals surface area contributed by atoms with Gasteiger partial charge in [0.25, 0.3) is 0 Å². The van der Waals surface area contributed by atoms with Crippen LogP contribution >= 0.6 is 0 Å². The molecule has 0 spiro atoms. The average Bonchev–Trinajstić information content (AvgIpc) is 2.80. The molecule has 6 nitrogen and oxygen atoms in total. The Labute approximate surface area is 134 Å². The lowest BCUT2D eigenvalue weighted by atomic mass is 10.2. The monoisotopic (exact) mass is 312 g/mol. The van der Waals surface area contributed by atoms with E-state index in [9.17, 15) is 4.79 Å². The second kappa shape index (κ2) is 12.3. The van der Waals surface area contributed by atoms with Gasteiger partial charge in [-0.1, -0.05) is 12.8 Å². The first kappa shape index (κ1) is 18.7. The molecule has 0 aromatic heterocycles. The first-order valence-electron chi connectivity index (χ1n) is 8.57. The summed E-state index contributed by atoms with van der Waals surface area (Å²) < 4.78 is 4.62. The van der Waals surface area contributed by atoms with Crippen LogP contribution in [0.15, 0.2) is 4.99 Å². The Morgan fingerprint density at radius 1 is 1.18 bits per heavy atom. The lowest BCUT2D eigenvalue weighted by molar-refractivity contribution is -0.140. The van der Waals surface area contributed by atoms with Crippen molar-refractivity contribution in [2.24, 2.45) is 4.99 Å². The molecule has 1 aliphatic rings. The fourth-order valence-corrected chi connectivity index (χ4v) is 2.57. The Morgan fingerprint density at radius 3 is 2.55 bits per heavy atom. The van der Waals surface area contributed by atoms with Gasteiger partial charge in [-0.15, -0.1) is 0 Å². The van der Waals surface area contributed by atoms with Crippen LogP contribution in [0.2, 0.25) is 0 Å². The highest BCUT2D eigenvalue weighted by Crippen LogP contribution is 2.09. The maximum absolute atomic E-state index is 11.1. The van der Waals surface area contributed by atoms with Crippen LogP contribution in [0, 0.1) is 0 Å². The molecular formula is C16H32N4O2. The lowest BCUT2D eigenvalue weighted by Gasteiger charge is -2.19. The molecule has 1 rings (SSSR count). The summed E-state index contributed by atoms with van der Waals surface area (Å²) in [7, 11) is 1.41. The number of esters is 1. The molecule has 0 unspecified atom stereocenters.